The smallest absolute Gasteiger partial charge is 0.264 e. The minimum atomic E-state index is -1.76. The Morgan fingerprint density at radius 3 is 2.69 bits per heavy atom. The molecule has 6 rings (SSSR count). The van der Waals surface area contributed by atoms with Crippen LogP contribution in [-0.2, 0) is 41.1 Å². The Hall–Kier alpha value is -4.88. The normalized spacial score (nSPS) is 19.0. The van der Waals surface area contributed by atoms with Crippen LogP contribution in [0.15, 0.2) is 85.1 Å². The quantitative estimate of drug-likeness (QED) is 0.0935. The molecule has 52 heavy (non-hydrogen) atoms. The molecule has 2 aliphatic rings. The molecular weight excluding hydrogens is 660 g/mol. The highest BCUT2D eigenvalue weighted by molar-refractivity contribution is 6.08. The minimum absolute atomic E-state index is 0.0147. The first kappa shape index (κ1) is 36.9. The lowest BCUT2D eigenvalue weighted by molar-refractivity contribution is -0.139. The third-order valence-corrected chi connectivity index (χ3v) is 9.77. The maximum atomic E-state index is 14.2. The number of nitrogens with one attached hydrogen (secondary N) is 1. The number of rotatable bonds is 17. The number of aliphatic hydroxyl groups is 3. The summed E-state index contributed by atoms with van der Waals surface area (Å²) in [7, 11) is 0. The van der Waals surface area contributed by atoms with Crippen molar-refractivity contribution in [3.8, 4) is 5.75 Å². The number of benzene rings is 3. The van der Waals surface area contributed by atoms with Gasteiger partial charge in [-0.05, 0) is 86.7 Å². The molecule has 0 aliphatic carbocycles. The van der Waals surface area contributed by atoms with Crippen LogP contribution in [-0.4, -0.2) is 74.5 Å². The summed E-state index contributed by atoms with van der Waals surface area (Å²) < 4.78 is 7.49. The molecule has 4 aromatic rings. The first-order valence-corrected chi connectivity index (χ1v) is 18.1. The molecule has 0 saturated carbocycles. The molecule has 12 nitrogen and oxygen atoms in total. The maximum Gasteiger partial charge on any atom is 0.264 e. The van der Waals surface area contributed by atoms with E-state index >= 15 is 0 Å². The van der Waals surface area contributed by atoms with Crippen molar-refractivity contribution in [1.82, 2.24) is 20.3 Å². The number of para-hydroxylation sites is 1. The zero-order valence-corrected chi connectivity index (χ0v) is 29.8. The van der Waals surface area contributed by atoms with Crippen molar-refractivity contribution in [3.63, 3.8) is 0 Å². The number of aromatic nitrogens is 3. The molecule has 2 aliphatic heterocycles. The molecule has 2 amide bonds. The van der Waals surface area contributed by atoms with E-state index < -0.39 is 23.5 Å². The molecule has 3 atom stereocenters. The topological polar surface area (TPSA) is 153 Å². The van der Waals surface area contributed by atoms with Crippen LogP contribution in [0.1, 0.15) is 55.5 Å². The van der Waals surface area contributed by atoms with E-state index in [0.29, 0.717) is 62.3 Å². The number of carbonyl (C=O) groups excluding carboxylic acids is 2. The number of aryl methyl sites for hydroxylation is 1. The van der Waals surface area contributed by atoms with Gasteiger partial charge in [0.15, 0.2) is 5.60 Å². The van der Waals surface area contributed by atoms with Crippen LogP contribution in [0, 0.1) is 5.92 Å². The van der Waals surface area contributed by atoms with Gasteiger partial charge in [0, 0.05) is 49.5 Å². The van der Waals surface area contributed by atoms with E-state index in [-0.39, 0.29) is 25.7 Å². The van der Waals surface area contributed by atoms with Crippen LogP contribution in [0.4, 0.5) is 17.1 Å². The largest absolute Gasteiger partial charge is 0.494 e. The van der Waals surface area contributed by atoms with Gasteiger partial charge in [-0.2, -0.15) is 0 Å². The number of hydrogen-bond donors (Lipinski definition) is 4. The Balaban J connectivity index is 1.22. The number of hydrogen-bond acceptors (Lipinski definition) is 9. The number of nitrogens with zero attached hydrogens (tertiary/aromatic N) is 5. The van der Waals surface area contributed by atoms with Gasteiger partial charge in [0.25, 0.3) is 5.91 Å². The molecule has 3 aromatic carbocycles. The first-order valence-electron chi connectivity index (χ1n) is 18.1. The van der Waals surface area contributed by atoms with E-state index in [1.54, 1.807) is 26.7 Å². The predicted molar refractivity (Wildman–Crippen MR) is 198 cm³/mol. The van der Waals surface area contributed by atoms with Crippen molar-refractivity contribution < 1.29 is 29.6 Å². The summed E-state index contributed by atoms with van der Waals surface area (Å²) >= 11 is 0. The fourth-order valence-electron chi connectivity index (χ4n) is 7.08. The lowest BCUT2D eigenvalue weighted by atomic mass is 9.83. The standard InChI is InChI=1S/C40H48N6O6/c1-3-52-33-16-17-36-30(24-33)25-35(41-19-7-9-21-47)38(49)46(36)32-13-10-12-29(23-32)26-45-37-15-5-4-14-34(37)40(51,39(45)50)28(2)11-6-8-20-44-27-31(18-22-48)42-43-44/h4-6,10-17,23-24,27-28,35,41,47-48,51H,3,7-9,18-22,25-26H2,1-2H3/b11-6+/t28-,35?,40+/m1/s1. The van der Waals surface area contributed by atoms with Crippen LogP contribution in [0.2, 0.25) is 0 Å². The van der Waals surface area contributed by atoms with Gasteiger partial charge in [0.05, 0.1) is 36.3 Å². The summed E-state index contributed by atoms with van der Waals surface area (Å²) in [6, 6.07) is 20.3. The number of unbranched alkanes of at least 4 members (excludes halogenated alkanes) is 1. The second kappa shape index (κ2) is 16.6. The SMILES string of the molecule is CCOc1ccc2c(c1)CC(NCCCCO)C(=O)N2c1cccc(CN2C(=O)[C@](O)([C@H](C)/C=C/CCn3cc(CCO)nn3)c3ccccc32)c1. The molecular formula is C40H48N6O6. The molecule has 0 spiro atoms. The van der Waals surface area contributed by atoms with E-state index in [2.05, 4.69) is 15.6 Å². The molecule has 0 bridgehead atoms. The molecule has 4 N–H and O–H groups in total. The number of ether oxygens (including phenoxy) is 1. The van der Waals surface area contributed by atoms with Crippen LogP contribution in [0.3, 0.4) is 0 Å². The van der Waals surface area contributed by atoms with Gasteiger partial charge in [-0.1, -0.05) is 54.6 Å². The van der Waals surface area contributed by atoms with E-state index in [1.807, 2.05) is 86.7 Å². The van der Waals surface area contributed by atoms with E-state index in [4.69, 9.17) is 9.84 Å². The second-order valence-corrected chi connectivity index (χ2v) is 13.3. The number of allylic oxidation sites excluding steroid dienone is 1. The van der Waals surface area contributed by atoms with E-state index in [9.17, 15) is 19.8 Å². The number of amides is 2. The Labute approximate surface area is 304 Å². The van der Waals surface area contributed by atoms with E-state index in [1.165, 1.54) is 0 Å². The lowest BCUT2D eigenvalue weighted by Gasteiger charge is -2.35. The first-order chi connectivity index (χ1) is 25.3. The maximum absolute atomic E-state index is 14.2. The third-order valence-electron chi connectivity index (χ3n) is 9.77. The lowest BCUT2D eigenvalue weighted by Crippen LogP contribution is -2.49. The summed E-state index contributed by atoms with van der Waals surface area (Å²) in [6.07, 6.45) is 8.62. The molecule has 0 saturated heterocycles. The van der Waals surface area contributed by atoms with Gasteiger partial charge in [0.1, 0.15) is 5.75 Å². The monoisotopic (exact) mass is 708 g/mol. The van der Waals surface area contributed by atoms with Gasteiger partial charge in [-0.25, -0.2) is 0 Å². The zero-order chi connectivity index (χ0) is 36.7. The number of fused-ring (bicyclic) bond motifs is 2. The minimum Gasteiger partial charge on any atom is -0.494 e. The fraction of sp³-hybridized carbons (Fsp3) is 0.400. The van der Waals surface area contributed by atoms with Crippen LogP contribution in [0.25, 0.3) is 0 Å². The van der Waals surface area contributed by atoms with Crippen molar-refractivity contribution >= 4 is 28.9 Å². The van der Waals surface area contributed by atoms with E-state index in [0.717, 1.165) is 34.7 Å². The van der Waals surface area contributed by atoms with Crippen molar-refractivity contribution in [2.45, 2.75) is 70.7 Å². The molecule has 1 unspecified atom stereocenters. The zero-order valence-electron chi connectivity index (χ0n) is 29.8. The second-order valence-electron chi connectivity index (χ2n) is 13.3. The summed E-state index contributed by atoms with van der Waals surface area (Å²) in [5, 5.41) is 42.0. The molecule has 12 heteroatoms. The number of anilines is 3. The number of aliphatic hydroxyl groups excluding tert-OH is 2. The highest BCUT2D eigenvalue weighted by Gasteiger charge is 2.52. The van der Waals surface area contributed by atoms with Gasteiger partial charge in [0.2, 0.25) is 5.91 Å². The average molecular weight is 709 g/mol. The molecule has 3 heterocycles. The Bertz CT molecular complexity index is 1890. The molecule has 0 radical (unpaired) electrons. The van der Waals surface area contributed by atoms with Crippen LogP contribution in [0.5, 0.6) is 5.75 Å². The van der Waals surface area contributed by atoms with Gasteiger partial charge in [-0.15, -0.1) is 5.10 Å². The van der Waals surface area contributed by atoms with Gasteiger partial charge in [-0.3, -0.25) is 19.2 Å². The van der Waals surface area contributed by atoms with Crippen molar-refractivity contribution in [3.05, 3.63) is 107 Å². The van der Waals surface area contributed by atoms with Crippen LogP contribution >= 0.6 is 0 Å². The Morgan fingerprint density at radius 2 is 1.88 bits per heavy atom. The fourth-order valence-corrected chi connectivity index (χ4v) is 7.08. The van der Waals surface area contributed by atoms with Crippen LogP contribution < -0.4 is 19.9 Å². The molecule has 274 valence electrons. The Kier molecular flexibility index (Phi) is 11.8. The summed E-state index contributed by atoms with van der Waals surface area (Å²) in [5.74, 6) is -0.265. The summed E-state index contributed by atoms with van der Waals surface area (Å²) in [6.45, 7) is 5.81. The Morgan fingerprint density at radius 1 is 1.04 bits per heavy atom. The van der Waals surface area contributed by atoms with Crippen molar-refractivity contribution in [2.24, 2.45) is 5.92 Å². The van der Waals surface area contributed by atoms with Gasteiger partial charge < -0.3 is 30.3 Å². The average Bonchev–Trinajstić information content (AvgIpc) is 3.69. The van der Waals surface area contributed by atoms with Gasteiger partial charge >= 0.3 is 0 Å². The highest BCUT2D eigenvalue weighted by Crippen LogP contribution is 2.46. The third kappa shape index (κ3) is 7.65. The van der Waals surface area contributed by atoms with Crippen molar-refractivity contribution in [1.29, 1.82) is 0 Å². The molecule has 0 fully saturated rings. The summed E-state index contributed by atoms with van der Waals surface area (Å²) in [5.41, 5.74) is 3.42. The highest BCUT2D eigenvalue weighted by atomic mass is 16.5. The molecule has 1 aromatic heterocycles. The van der Waals surface area contributed by atoms with Crippen molar-refractivity contribution in [2.75, 3.05) is 36.2 Å². The summed E-state index contributed by atoms with van der Waals surface area (Å²) in [4.78, 5) is 31.7. The number of carbonyl (C=O) groups is 2. The predicted octanol–water partition coefficient (Wildman–Crippen LogP) is 4.18.